The van der Waals surface area contributed by atoms with E-state index in [1.54, 1.807) is 36.0 Å². The Balaban J connectivity index is 1.51. The van der Waals surface area contributed by atoms with Gasteiger partial charge in [0.15, 0.2) is 0 Å². The monoisotopic (exact) mass is 416 g/mol. The van der Waals surface area contributed by atoms with Crippen LogP contribution in [0.15, 0.2) is 53.4 Å². The first-order valence-electron chi connectivity index (χ1n) is 9.90. The van der Waals surface area contributed by atoms with Gasteiger partial charge in [-0.2, -0.15) is 0 Å². The van der Waals surface area contributed by atoms with Crippen molar-refractivity contribution in [2.24, 2.45) is 0 Å². The summed E-state index contributed by atoms with van der Waals surface area (Å²) in [6.07, 6.45) is 0.728. The fourth-order valence-electron chi connectivity index (χ4n) is 3.94. The molecule has 5 nitrogen and oxygen atoms in total. The number of hydrogen-bond donors (Lipinski definition) is 1. The number of thioether (sulfide) groups is 1. The van der Waals surface area contributed by atoms with Crippen LogP contribution in [0.2, 0.25) is 0 Å². The van der Waals surface area contributed by atoms with Crippen molar-refractivity contribution in [2.45, 2.75) is 29.2 Å². The van der Waals surface area contributed by atoms with Crippen LogP contribution in [0.5, 0.6) is 5.75 Å². The zero-order valence-corrected chi connectivity index (χ0v) is 17.0. The van der Waals surface area contributed by atoms with Crippen molar-refractivity contribution in [3.05, 3.63) is 59.9 Å². The number of phenolic OH excluding ortho intramolecular Hbond substituents is 1. The fourth-order valence-corrected chi connectivity index (χ4v) is 5.16. The molecule has 2 atom stereocenters. The zero-order valence-electron chi connectivity index (χ0n) is 16.2. The molecule has 2 aromatic carbocycles. The number of aromatic hydroxyl groups is 1. The topological polar surface area (TPSA) is 53.0 Å². The molecule has 2 heterocycles. The van der Waals surface area contributed by atoms with Gasteiger partial charge in [0.2, 0.25) is 5.91 Å². The van der Waals surface area contributed by atoms with Gasteiger partial charge < -0.3 is 14.7 Å². The van der Waals surface area contributed by atoms with E-state index in [9.17, 15) is 14.3 Å². The second kappa shape index (κ2) is 9.15. The Morgan fingerprint density at radius 1 is 1.14 bits per heavy atom. The number of phenols is 1. The summed E-state index contributed by atoms with van der Waals surface area (Å²) in [7, 11) is 0. The molecule has 2 aliphatic heterocycles. The van der Waals surface area contributed by atoms with Gasteiger partial charge in [0, 0.05) is 41.9 Å². The van der Waals surface area contributed by atoms with Gasteiger partial charge in [0.25, 0.3) is 0 Å². The van der Waals surface area contributed by atoms with Crippen molar-refractivity contribution in [1.82, 2.24) is 9.80 Å². The Morgan fingerprint density at radius 3 is 2.59 bits per heavy atom. The van der Waals surface area contributed by atoms with Crippen molar-refractivity contribution in [3.63, 3.8) is 0 Å². The maximum Gasteiger partial charge on any atom is 0.240 e. The number of nitrogens with zero attached hydrogens (tertiary/aromatic N) is 2. The number of likely N-dealkylation sites (tertiary alicyclic amines) is 1. The van der Waals surface area contributed by atoms with Gasteiger partial charge in [0.1, 0.15) is 11.6 Å². The van der Waals surface area contributed by atoms with Crippen molar-refractivity contribution < 1.29 is 19.0 Å². The SMILES string of the molecule is O=C([C@@H]1C[C@H](Sc2ccc(F)cc2)CN1Cc1ccccc1O)N1CCOCC1. The Bertz CT molecular complexity index is 842. The van der Waals surface area contributed by atoms with Crippen LogP contribution < -0.4 is 0 Å². The first kappa shape index (κ1) is 20.2. The van der Waals surface area contributed by atoms with Crippen LogP contribution in [0.3, 0.4) is 0 Å². The third-order valence-electron chi connectivity index (χ3n) is 5.45. The molecule has 0 spiro atoms. The summed E-state index contributed by atoms with van der Waals surface area (Å²) in [6, 6.07) is 13.5. The zero-order chi connectivity index (χ0) is 20.2. The van der Waals surface area contributed by atoms with Crippen LogP contribution in [0.1, 0.15) is 12.0 Å². The third kappa shape index (κ3) is 4.91. The summed E-state index contributed by atoms with van der Waals surface area (Å²) >= 11 is 1.68. The number of ether oxygens (including phenoxy) is 1. The maximum atomic E-state index is 13.2. The van der Waals surface area contributed by atoms with Crippen LogP contribution in [-0.2, 0) is 16.1 Å². The number of amides is 1. The third-order valence-corrected chi connectivity index (χ3v) is 6.67. The van der Waals surface area contributed by atoms with E-state index in [2.05, 4.69) is 4.90 Å². The van der Waals surface area contributed by atoms with Crippen LogP contribution in [0.4, 0.5) is 4.39 Å². The minimum absolute atomic E-state index is 0.130. The number of halogens is 1. The lowest BCUT2D eigenvalue weighted by atomic mass is 10.1. The summed E-state index contributed by atoms with van der Waals surface area (Å²) in [4.78, 5) is 18.3. The second-order valence-corrected chi connectivity index (χ2v) is 8.81. The van der Waals surface area contributed by atoms with E-state index in [-0.39, 0.29) is 28.8 Å². The predicted molar refractivity (Wildman–Crippen MR) is 110 cm³/mol. The lowest BCUT2D eigenvalue weighted by Crippen LogP contribution is -2.49. The van der Waals surface area contributed by atoms with Crippen molar-refractivity contribution in [1.29, 1.82) is 0 Å². The summed E-state index contributed by atoms with van der Waals surface area (Å²) in [6.45, 7) is 3.65. The molecule has 0 unspecified atom stereocenters. The van der Waals surface area contributed by atoms with E-state index in [1.807, 2.05) is 17.0 Å². The quantitative estimate of drug-likeness (QED) is 0.812. The maximum absolute atomic E-state index is 13.2. The second-order valence-electron chi connectivity index (χ2n) is 7.44. The highest BCUT2D eigenvalue weighted by Gasteiger charge is 2.39. The molecule has 154 valence electrons. The van der Waals surface area contributed by atoms with Gasteiger partial charge in [-0.25, -0.2) is 4.39 Å². The molecule has 2 saturated heterocycles. The Morgan fingerprint density at radius 2 is 1.86 bits per heavy atom. The molecular weight excluding hydrogens is 391 g/mol. The standard InChI is InChI=1S/C22H25FN2O3S/c23-17-5-7-18(8-6-17)29-19-13-20(22(27)24-9-11-28-12-10-24)25(15-19)14-16-3-1-2-4-21(16)26/h1-8,19-20,26H,9-15H2/t19-,20-/m0/s1. The Labute approximate surface area is 174 Å². The minimum atomic E-state index is -0.248. The first-order chi connectivity index (χ1) is 14.1. The highest BCUT2D eigenvalue weighted by molar-refractivity contribution is 8.00. The van der Waals surface area contributed by atoms with E-state index < -0.39 is 0 Å². The van der Waals surface area contributed by atoms with Gasteiger partial charge >= 0.3 is 0 Å². The molecule has 4 rings (SSSR count). The number of carbonyl (C=O) groups excluding carboxylic acids is 1. The summed E-state index contributed by atoms with van der Waals surface area (Å²) in [5.74, 6) is 0.132. The van der Waals surface area contributed by atoms with Crippen molar-refractivity contribution in [3.8, 4) is 5.75 Å². The molecule has 1 amide bonds. The molecule has 2 aromatic rings. The minimum Gasteiger partial charge on any atom is -0.508 e. The molecule has 7 heteroatoms. The van der Waals surface area contributed by atoms with E-state index in [1.165, 1.54) is 12.1 Å². The molecule has 2 fully saturated rings. The normalized spacial score (nSPS) is 22.7. The molecular formula is C22H25FN2O3S. The van der Waals surface area contributed by atoms with Crippen LogP contribution in [0, 0.1) is 5.82 Å². The van der Waals surface area contributed by atoms with E-state index >= 15 is 0 Å². The van der Waals surface area contributed by atoms with Gasteiger partial charge in [-0.15, -0.1) is 11.8 Å². The first-order valence-corrected chi connectivity index (χ1v) is 10.8. The average molecular weight is 417 g/mol. The van der Waals surface area contributed by atoms with Gasteiger partial charge in [-0.05, 0) is 36.8 Å². The predicted octanol–water partition coefficient (Wildman–Crippen LogP) is 3.13. The van der Waals surface area contributed by atoms with E-state index in [4.69, 9.17) is 4.74 Å². The number of para-hydroxylation sites is 1. The lowest BCUT2D eigenvalue weighted by Gasteiger charge is -2.32. The van der Waals surface area contributed by atoms with E-state index in [0.29, 0.717) is 32.8 Å². The number of morpholine rings is 1. The van der Waals surface area contributed by atoms with Crippen molar-refractivity contribution in [2.75, 3.05) is 32.8 Å². The summed E-state index contributed by atoms with van der Waals surface area (Å²) in [5.41, 5.74) is 0.819. The van der Waals surface area contributed by atoms with E-state index in [0.717, 1.165) is 23.4 Å². The average Bonchev–Trinajstić information content (AvgIpc) is 3.13. The van der Waals surface area contributed by atoms with Crippen LogP contribution >= 0.6 is 11.8 Å². The summed E-state index contributed by atoms with van der Waals surface area (Å²) < 4.78 is 18.6. The van der Waals surface area contributed by atoms with Crippen LogP contribution in [-0.4, -0.2) is 65.0 Å². The molecule has 0 aromatic heterocycles. The molecule has 1 N–H and O–H groups in total. The number of carbonyl (C=O) groups is 1. The van der Waals surface area contributed by atoms with Gasteiger partial charge in [0.05, 0.1) is 19.3 Å². The largest absolute Gasteiger partial charge is 0.508 e. The highest BCUT2D eigenvalue weighted by atomic mass is 32.2. The molecule has 2 aliphatic rings. The van der Waals surface area contributed by atoms with Crippen LogP contribution in [0.25, 0.3) is 0 Å². The number of benzene rings is 2. The van der Waals surface area contributed by atoms with Gasteiger partial charge in [-0.1, -0.05) is 18.2 Å². The Hall–Kier alpha value is -2.09. The smallest absolute Gasteiger partial charge is 0.240 e. The fraction of sp³-hybridized carbons (Fsp3) is 0.409. The van der Waals surface area contributed by atoms with Gasteiger partial charge in [-0.3, -0.25) is 9.69 Å². The molecule has 0 saturated carbocycles. The molecule has 0 aliphatic carbocycles. The number of rotatable bonds is 5. The van der Waals surface area contributed by atoms with Crippen molar-refractivity contribution >= 4 is 17.7 Å². The molecule has 0 radical (unpaired) electrons. The summed E-state index contributed by atoms with van der Waals surface area (Å²) in [5, 5.41) is 10.4. The molecule has 29 heavy (non-hydrogen) atoms. The molecule has 0 bridgehead atoms. The Kier molecular flexibility index (Phi) is 6.37. The number of hydrogen-bond acceptors (Lipinski definition) is 5. The highest BCUT2D eigenvalue weighted by Crippen LogP contribution is 2.35. The lowest BCUT2D eigenvalue weighted by molar-refractivity contribution is -0.140.